The number of aliphatic hydroxyl groups is 1. The number of hydrogen-bond acceptors (Lipinski definition) is 5. The quantitative estimate of drug-likeness (QED) is 0.797. The number of nitrogens with zero attached hydrogens (tertiary/aromatic N) is 2. The van der Waals surface area contributed by atoms with Gasteiger partial charge in [-0.25, -0.2) is 9.59 Å². The third kappa shape index (κ3) is 4.78. The standard InChI is InChI=1S/C14H19F3N2O4/c1-8(2)6-10(12(21)23-3)19-7-9(4-5-20)11(14(15,16)17)18-13(19)22/h7-8,10,20H,4-6H2,1-3H3/t10-/m0/s1. The van der Waals surface area contributed by atoms with Gasteiger partial charge >= 0.3 is 17.8 Å². The third-order valence-corrected chi connectivity index (χ3v) is 3.18. The van der Waals surface area contributed by atoms with Crippen molar-refractivity contribution >= 4 is 5.97 Å². The fourth-order valence-electron chi connectivity index (χ4n) is 2.19. The molecule has 130 valence electrons. The summed E-state index contributed by atoms with van der Waals surface area (Å²) in [4.78, 5) is 26.9. The van der Waals surface area contributed by atoms with Crippen molar-refractivity contribution in [3.8, 4) is 0 Å². The molecule has 1 N–H and O–H groups in total. The van der Waals surface area contributed by atoms with Crippen molar-refractivity contribution in [2.24, 2.45) is 5.92 Å². The van der Waals surface area contributed by atoms with E-state index < -0.39 is 36.2 Å². The Labute approximate surface area is 130 Å². The van der Waals surface area contributed by atoms with Crippen LogP contribution >= 0.6 is 0 Å². The molecule has 0 spiro atoms. The van der Waals surface area contributed by atoms with E-state index in [-0.39, 0.29) is 24.3 Å². The number of carbonyl (C=O) groups excluding carboxylic acids is 1. The highest BCUT2D eigenvalue weighted by Gasteiger charge is 2.37. The summed E-state index contributed by atoms with van der Waals surface area (Å²) in [5.74, 6) is -0.744. The number of carbonyl (C=O) groups is 1. The molecule has 0 fully saturated rings. The Hall–Kier alpha value is -1.90. The number of rotatable bonds is 6. The number of alkyl halides is 3. The Kier molecular flexibility index (Phi) is 6.31. The average molecular weight is 336 g/mol. The lowest BCUT2D eigenvalue weighted by atomic mass is 10.0. The van der Waals surface area contributed by atoms with E-state index in [0.717, 1.165) is 17.9 Å². The van der Waals surface area contributed by atoms with Gasteiger partial charge in [-0.15, -0.1) is 0 Å². The van der Waals surface area contributed by atoms with Crippen molar-refractivity contribution in [2.75, 3.05) is 13.7 Å². The maximum Gasteiger partial charge on any atom is 0.433 e. The molecule has 1 heterocycles. The predicted molar refractivity (Wildman–Crippen MR) is 74.8 cm³/mol. The number of methoxy groups -OCH3 is 1. The minimum absolute atomic E-state index is 0.00501. The van der Waals surface area contributed by atoms with E-state index in [1.54, 1.807) is 13.8 Å². The van der Waals surface area contributed by atoms with Gasteiger partial charge in [0.2, 0.25) is 0 Å². The van der Waals surface area contributed by atoms with Gasteiger partial charge in [0.15, 0.2) is 5.69 Å². The first-order valence-electron chi connectivity index (χ1n) is 6.99. The Morgan fingerprint density at radius 3 is 2.48 bits per heavy atom. The van der Waals surface area contributed by atoms with Gasteiger partial charge in [-0.1, -0.05) is 13.8 Å². The second kappa shape index (κ2) is 7.58. The van der Waals surface area contributed by atoms with E-state index in [9.17, 15) is 22.8 Å². The lowest BCUT2D eigenvalue weighted by Crippen LogP contribution is -2.35. The third-order valence-electron chi connectivity index (χ3n) is 3.18. The highest BCUT2D eigenvalue weighted by molar-refractivity contribution is 5.74. The molecule has 0 aliphatic rings. The van der Waals surface area contributed by atoms with Crippen LogP contribution in [0, 0.1) is 5.92 Å². The van der Waals surface area contributed by atoms with Crippen LogP contribution in [0.3, 0.4) is 0 Å². The highest BCUT2D eigenvalue weighted by Crippen LogP contribution is 2.30. The number of halogens is 3. The van der Waals surface area contributed by atoms with Gasteiger partial charge in [0.05, 0.1) is 7.11 Å². The van der Waals surface area contributed by atoms with E-state index in [0.29, 0.717) is 0 Å². The van der Waals surface area contributed by atoms with Crippen LogP contribution in [-0.4, -0.2) is 34.3 Å². The molecule has 0 bridgehead atoms. The molecule has 6 nitrogen and oxygen atoms in total. The van der Waals surface area contributed by atoms with E-state index >= 15 is 0 Å². The van der Waals surface area contributed by atoms with Crippen molar-refractivity contribution in [1.29, 1.82) is 0 Å². The summed E-state index contributed by atoms with van der Waals surface area (Å²) in [5, 5.41) is 8.94. The van der Waals surface area contributed by atoms with E-state index in [1.807, 2.05) is 0 Å². The van der Waals surface area contributed by atoms with Crippen LogP contribution in [0.4, 0.5) is 13.2 Å². The number of aliphatic hydroxyl groups excluding tert-OH is 1. The van der Waals surface area contributed by atoms with Crippen molar-refractivity contribution in [3.63, 3.8) is 0 Å². The zero-order valence-corrected chi connectivity index (χ0v) is 13.1. The fraction of sp³-hybridized carbons (Fsp3) is 0.643. The normalized spacial score (nSPS) is 13.2. The molecule has 0 aliphatic heterocycles. The summed E-state index contributed by atoms with van der Waals surface area (Å²) in [6.45, 7) is 3.05. The SMILES string of the molecule is COC(=O)[C@H](CC(C)C)n1cc(CCO)c(C(F)(F)F)nc1=O. The smallest absolute Gasteiger partial charge is 0.433 e. The van der Waals surface area contributed by atoms with Crippen molar-refractivity contribution < 1.29 is 27.8 Å². The number of esters is 1. The Morgan fingerprint density at radius 2 is 2.04 bits per heavy atom. The largest absolute Gasteiger partial charge is 0.467 e. The molecular weight excluding hydrogens is 317 g/mol. The van der Waals surface area contributed by atoms with Gasteiger partial charge in [0.25, 0.3) is 0 Å². The van der Waals surface area contributed by atoms with E-state index in [1.165, 1.54) is 0 Å². The van der Waals surface area contributed by atoms with Crippen molar-refractivity contribution in [2.45, 2.75) is 38.9 Å². The van der Waals surface area contributed by atoms with Gasteiger partial charge in [0, 0.05) is 18.4 Å². The average Bonchev–Trinajstić information content (AvgIpc) is 2.44. The molecule has 0 amide bonds. The van der Waals surface area contributed by atoms with Crippen LogP contribution < -0.4 is 5.69 Å². The molecule has 0 aliphatic carbocycles. The number of hydrogen-bond donors (Lipinski definition) is 1. The summed E-state index contributed by atoms with van der Waals surface area (Å²) in [5.41, 5.74) is -2.88. The summed E-state index contributed by atoms with van der Waals surface area (Å²) in [6.07, 6.45) is -4.02. The molecule has 0 radical (unpaired) electrons. The molecule has 9 heteroatoms. The predicted octanol–water partition coefficient (Wildman–Crippen LogP) is 1.56. The minimum atomic E-state index is -4.82. The zero-order valence-electron chi connectivity index (χ0n) is 13.1. The van der Waals surface area contributed by atoms with Crippen molar-refractivity contribution in [1.82, 2.24) is 9.55 Å². The lowest BCUT2D eigenvalue weighted by Gasteiger charge is -2.21. The van der Waals surface area contributed by atoms with E-state index in [2.05, 4.69) is 9.72 Å². The first-order valence-corrected chi connectivity index (χ1v) is 6.99. The van der Waals surface area contributed by atoms with Crippen LogP contribution in [0.1, 0.15) is 37.6 Å². The second-order valence-electron chi connectivity index (χ2n) is 5.44. The van der Waals surface area contributed by atoms with Gasteiger partial charge in [-0.3, -0.25) is 4.57 Å². The summed E-state index contributed by atoms with van der Waals surface area (Å²) in [6, 6.07) is -1.07. The molecule has 0 aromatic carbocycles. The molecule has 1 aromatic rings. The molecule has 0 saturated carbocycles. The molecule has 1 rings (SSSR count). The minimum Gasteiger partial charge on any atom is -0.467 e. The van der Waals surface area contributed by atoms with E-state index in [4.69, 9.17) is 5.11 Å². The van der Waals surface area contributed by atoms with Crippen LogP contribution in [0.5, 0.6) is 0 Å². The van der Waals surface area contributed by atoms with Crippen LogP contribution in [0.15, 0.2) is 11.0 Å². The van der Waals surface area contributed by atoms with Crippen LogP contribution in [0.2, 0.25) is 0 Å². The van der Waals surface area contributed by atoms with Crippen molar-refractivity contribution in [3.05, 3.63) is 27.9 Å². The summed E-state index contributed by atoms with van der Waals surface area (Å²) in [7, 11) is 1.13. The monoisotopic (exact) mass is 336 g/mol. The molecule has 0 unspecified atom stereocenters. The topological polar surface area (TPSA) is 81.4 Å². The highest BCUT2D eigenvalue weighted by atomic mass is 19.4. The fourth-order valence-corrected chi connectivity index (χ4v) is 2.19. The zero-order chi connectivity index (χ0) is 17.8. The maximum absolute atomic E-state index is 12.9. The number of aromatic nitrogens is 2. The Bertz CT molecular complexity index is 611. The Morgan fingerprint density at radius 1 is 1.43 bits per heavy atom. The number of ether oxygens (including phenoxy) is 1. The molecule has 1 atom stereocenters. The van der Waals surface area contributed by atoms with Gasteiger partial charge < -0.3 is 9.84 Å². The lowest BCUT2D eigenvalue weighted by molar-refractivity contribution is -0.145. The second-order valence-corrected chi connectivity index (χ2v) is 5.44. The van der Waals surface area contributed by atoms with Gasteiger partial charge in [-0.05, 0) is 18.8 Å². The first-order chi connectivity index (χ1) is 10.6. The van der Waals surface area contributed by atoms with Gasteiger partial charge in [0.1, 0.15) is 6.04 Å². The van der Waals surface area contributed by atoms with Crippen LogP contribution in [0.25, 0.3) is 0 Å². The maximum atomic E-state index is 12.9. The van der Waals surface area contributed by atoms with Gasteiger partial charge in [-0.2, -0.15) is 18.2 Å². The molecule has 1 aromatic heterocycles. The molecular formula is C14H19F3N2O4. The molecule has 0 saturated heterocycles. The Balaban J connectivity index is 3.48. The first kappa shape index (κ1) is 19.1. The van der Waals surface area contributed by atoms with Crippen LogP contribution in [-0.2, 0) is 22.1 Å². The summed E-state index contributed by atoms with van der Waals surface area (Å²) < 4.78 is 44.3. The summed E-state index contributed by atoms with van der Waals surface area (Å²) >= 11 is 0. The molecule has 23 heavy (non-hydrogen) atoms.